The van der Waals surface area contributed by atoms with E-state index in [-0.39, 0.29) is 23.8 Å². The zero-order valence-electron chi connectivity index (χ0n) is 14.4. The molecule has 0 aliphatic carbocycles. The minimum Gasteiger partial charge on any atom is -0.326 e. The Bertz CT molecular complexity index is 1040. The zero-order valence-corrected chi connectivity index (χ0v) is 14.4. The van der Waals surface area contributed by atoms with Crippen molar-refractivity contribution in [3.63, 3.8) is 0 Å². The first-order chi connectivity index (χ1) is 11.9. The highest BCUT2D eigenvalue weighted by molar-refractivity contribution is 5.97. The van der Waals surface area contributed by atoms with Crippen LogP contribution in [0.2, 0.25) is 0 Å². The Kier molecular flexibility index (Phi) is 4.27. The van der Waals surface area contributed by atoms with E-state index in [1.807, 2.05) is 18.2 Å². The molecule has 0 radical (unpaired) electrons. The molecule has 0 aliphatic heterocycles. The molecule has 25 heavy (non-hydrogen) atoms. The fourth-order valence-corrected chi connectivity index (χ4v) is 2.87. The highest BCUT2D eigenvalue weighted by Gasteiger charge is 2.11. The first-order valence-corrected chi connectivity index (χ1v) is 7.92. The molecule has 0 aliphatic rings. The van der Waals surface area contributed by atoms with Gasteiger partial charge >= 0.3 is 5.69 Å². The van der Waals surface area contributed by atoms with Crippen LogP contribution in [0.25, 0.3) is 11.0 Å². The number of aromatic nitrogens is 2. The molecular formula is C19H19N3O3. The van der Waals surface area contributed by atoms with Crippen LogP contribution in [0.5, 0.6) is 0 Å². The van der Waals surface area contributed by atoms with E-state index < -0.39 is 0 Å². The molecule has 1 aromatic heterocycles. The van der Waals surface area contributed by atoms with E-state index in [4.69, 9.17) is 0 Å². The summed E-state index contributed by atoms with van der Waals surface area (Å²) in [5, 5.41) is 2.80. The van der Waals surface area contributed by atoms with E-state index in [1.54, 1.807) is 47.5 Å². The van der Waals surface area contributed by atoms with Crippen LogP contribution >= 0.6 is 0 Å². The molecule has 6 heteroatoms. The van der Waals surface area contributed by atoms with Gasteiger partial charge < -0.3 is 5.32 Å². The van der Waals surface area contributed by atoms with Crippen molar-refractivity contribution in [1.29, 1.82) is 0 Å². The van der Waals surface area contributed by atoms with Crippen LogP contribution < -0.4 is 11.0 Å². The summed E-state index contributed by atoms with van der Waals surface area (Å²) < 4.78 is 3.14. The fourth-order valence-electron chi connectivity index (χ4n) is 2.87. The largest absolute Gasteiger partial charge is 0.328 e. The smallest absolute Gasteiger partial charge is 0.326 e. The van der Waals surface area contributed by atoms with Crippen molar-refractivity contribution in [2.45, 2.75) is 13.3 Å². The molecule has 1 N–H and O–H groups in total. The summed E-state index contributed by atoms with van der Waals surface area (Å²) in [6, 6.07) is 12.4. The number of hydrogen-bond donors (Lipinski definition) is 1. The third-order valence-electron chi connectivity index (χ3n) is 4.25. The zero-order chi connectivity index (χ0) is 18.1. The van der Waals surface area contributed by atoms with Gasteiger partial charge in [0.2, 0.25) is 5.91 Å². The van der Waals surface area contributed by atoms with Crippen LogP contribution in [-0.4, -0.2) is 20.8 Å². The lowest BCUT2D eigenvalue weighted by molar-refractivity contribution is -0.115. The fraction of sp³-hybridized carbons (Fsp3) is 0.211. The van der Waals surface area contributed by atoms with E-state index in [0.29, 0.717) is 11.3 Å². The van der Waals surface area contributed by atoms with Crippen molar-refractivity contribution in [2.24, 2.45) is 14.1 Å². The van der Waals surface area contributed by atoms with Gasteiger partial charge in [-0.2, -0.15) is 0 Å². The summed E-state index contributed by atoms with van der Waals surface area (Å²) >= 11 is 0. The molecule has 0 saturated carbocycles. The topological polar surface area (TPSA) is 73.1 Å². The highest BCUT2D eigenvalue weighted by Crippen LogP contribution is 2.16. The van der Waals surface area contributed by atoms with Crippen molar-refractivity contribution >= 4 is 28.4 Å². The van der Waals surface area contributed by atoms with Gasteiger partial charge in [0.1, 0.15) is 0 Å². The molecule has 0 bridgehead atoms. The van der Waals surface area contributed by atoms with Crippen molar-refractivity contribution in [2.75, 3.05) is 5.32 Å². The van der Waals surface area contributed by atoms with E-state index >= 15 is 0 Å². The third-order valence-corrected chi connectivity index (χ3v) is 4.25. The molecule has 0 saturated heterocycles. The Morgan fingerprint density at radius 2 is 1.72 bits per heavy atom. The van der Waals surface area contributed by atoms with Gasteiger partial charge in [-0.15, -0.1) is 0 Å². The van der Waals surface area contributed by atoms with Crippen molar-refractivity contribution in [3.8, 4) is 0 Å². The average molecular weight is 337 g/mol. The van der Waals surface area contributed by atoms with Gasteiger partial charge in [-0.05, 0) is 36.8 Å². The van der Waals surface area contributed by atoms with Crippen LogP contribution in [0, 0.1) is 0 Å². The van der Waals surface area contributed by atoms with E-state index in [9.17, 15) is 14.4 Å². The number of Topliss-reactive ketones (excluding diaryl/α,β-unsaturated/α-hetero) is 1. The standard InChI is InChI=1S/C19H19N3O3/c1-12(23)14-5-4-6-15(11-14)20-18(24)10-13-7-8-16-17(9-13)22(3)19(25)21(16)2/h4-9,11H,10H2,1-3H3,(H,20,24). The number of hydrogen-bond acceptors (Lipinski definition) is 3. The quantitative estimate of drug-likeness (QED) is 0.742. The number of ketones is 1. The second-order valence-electron chi connectivity index (χ2n) is 6.09. The van der Waals surface area contributed by atoms with Gasteiger partial charge in [-0.3, -0.25) is 18.7 Å². The van der Waals surface area contributed by atoms with Crippen molar-refractivity contribution in [3.05, 3.63) is 64.1 Å². The van der Waals surface area contributed by atoms with Gasteiger partial charge in [-0.25, -0.2) is 4.79 Å². The van der Waals surface area contributed by atoms with Crippen LogP contribution in [0.3, 0.4) is 0 Å². The van der Waals surface area contributed by atoms with E-state index in [2.05, 4.69) is 5.32 Å². The summed E-state index contributed by atoms with van der Waals surface area (Å²) in [4.78, 5) is 35.7. The summed E-state index contributed by atoms with van der Waals surface area (Å²) in [5.41, 5.74) is 3.47. The summed E-state index contributed by atoms with van der Waals surface area (Å²) in [5.74, 6) is -0.229. The summed E-state index contributed by atoms with van der Waals surface area (Å²) in [6.45, 7) is 1.49. The Balaban J connectivity index is 1.80. The molecule has 0 fully saturated rings. The first kappa shape index (κ1) is 16.7. The number of benzene rings is 2. The second-order valence-corrected chi connectivity index (χ2v) is 6.09. The van der Waals surface area contributed by atoms with Crippen LogP contribution in [0.1, 0.15) is 22.8 Å². The maximum absolute atomic E-state index is 12.3. The van der Waals surface area contributed by atoms with Crippen molar-refractivity contribution in [1.82, 2.24) is 9.13 Å². The van der Waals surface area contributed by atoms with Gasteiger partial charge in [0, 0.05) is 25.3 Å². The number of anilines is 1. The van der Waals surface area contributed by atoms with Crippen molar-refractivity contribution < 1.29 is 9.59 Å². The molecule has 1 amide bonds. The predicted molar refractivity (Wildman–Crippen MR) is 96.9 cm³/mol. The highest BCUT2D eigenvalue weighted by atomic mass is 16.2. The van der Waals surface area contributed by atoms with Gasteiger partial charge in [-0.1, -0.05) is 18.2 Å². The lowest BCUT2D eigenvalue weighted by atomic mass is 10.1. The Morgan fingerprint density at radius 1 is 1.00 bits per heavy atom. The van der Waals surface area contributed by atoms with Crippen LogP contribution in [0.15, 0.2) is 47.3 Å². The molecule has 1 heterocycles. The van der Waals surface area contributed by atoms with Gasteiger partial charge in [0.05, 0.1) is 17.5 Å². The monoisotopic (exact) mass is 337 g/mol. The SMILES string of the molecule is CC(=O)c1cccc(NC(=O)Cc2ccc3c(c2)n(C)c(=O)n3C)c1. The number of aryl methyl sites for hydroxylation is 2. The summed E-state index contributed by atoms with van der Waals surface area (Å²) in [7, 11) is 3.43. The van der Waals surface area contributed by atoms with Gasteiger partial charge in [0.15, 0.2) is 5.78 Å². The molecule has 0 unspecified atom stereocenters. The molecule has 3 rings (SSSR count). The number of nitrogens with one attached hydrogen (secondary N) is 1. The first-order valence-electron chi connectivity index (χ1n) is 7.92. The number of imidazole rings is 1. The number of carbonyl (C=O) groups is 2. The maximum atomic E-state index is 12.3. The Morgan fingerprint density at radius 3 is 2.44 bits per heavy atom. The minimum absolute atomic E-state index is 0.0495. The second kappa shape index (κ2) is 6.39. The maximum Gasteiger partial charge on any atom is 0.328 e. The molecule has 2 aromatic carbocycles. The number of nitrogens with zero attached hydrogens (tertiary/aromatic N) is 2. The lowest BCUT2D eigenvalue weighted by Crippen LogP contribution is -2.19. The minimum atomic E-state index is -0.180. The molecule has 128 valence electrons. The van der Waals surface area contributed by atoms with Crippen LogP contribution in [-0.2, 0) is 25.3 Å². The third kappa shape index (κ3) is 3.24. The predicted octanol–water partition coefficient (Wildman–Crippen LogP) is 2.26. The molecular weight excluding hydrogens is 318 g/mol. The molecule has 6 nitrogen and oxygen atoms in total. The number of rotatable bonds is 4. The molecule has 0 atom stereocenters. The van der Waals surface area contributed by atoms with E-state index in [0.717, 1.165) is 16.6 Å². The Hall–Kier alpha value is -3.15. The summed E-state index contributed by atoms with van der Waals surface area (Å²) in [6.07, 6.45) is 0.184. The number of fused-ring (bicyclic) bond motifs is 1. The Labute approximate surface area is 144 Å². The average Bonchev–Trinajstić information content (AvgIpc) is 2.79. The van der Waals surface area contributed by atoms with Crippen LogP contribution in [0.4, 0.5) is 5.69 Å². The lowest BCUT2D eigenvalue weighted by Gasteiger charge is -2.07. The van der Waals surface area contributed by atoms with E-state index in [1.165, 1.54) is 6.92 Å². The number of amides is 1. The molecule has 0 spiro atoms. The molecule has 3 aromatic rings. The normalized spacial score (nSPS) is 10.8. The number of carbonyl (C=O) groups excluding carboxylic acids is 2. The van der Waals surface area contributed by atoms with Gasteiger partial charge in [0.25, 0.3) is 0 Å².